The van der Waals surface area contributed by atoms with E-state index >= 15 is 0 Å². The highest BCUT2D eigenvalue weighted by Crippen LogP contribution is 2.53. The summed E-state index contributed by atoms with van der Waals surface area (Å²) in [5.41, 5.74) is -0.841. The molecule has 2 aliphatic rings. The molecular formula is C19H20F3N3O2. The van der Waals surface area contributed by atoms with Crippen LogP contribution in [0, 0.1) is 5.41 Å². The molecule has 0 radical (unpaired) electrons. The molecule has 0 spiro atoms. The lowest BCUT2D eigenvalue weighted by atomic mass is 9.67. The largest absolute Gasteiger partial charge is 0.487 e. The van der Waals surface area contributed by atoms with E-state index < -0.39 is 17.5 Å². The Morgan fingerprint density at radius 3 is 2.52 bits per heavy atom. The molecule has 1 fully saturated rings. The summed E-state index contributed by atoms with van der Waals surface area (Å²) in [5, 5.41) is 4.35. The van der Waals surface area contributed by atoms with Gasteiger partial charge in [-0.05, 0) is 31.0 Å². The van der Waals surface area contributed by atoms with Crippen molar-refractivity contribution in [3.05, 3.63) is 47.8 Å². The number of carbonyl (C=O) groups excluding carboxylic acids is 1. The van der Waals surface area contributed by atoms with E-state index in [0.29, 0.717) is 30.1 Å². The Hall–Kier alpha value is -2.51. The standard InChI is InChI=1S/C19H20F3N3O2/c20-19(21,22)18(7-4-8-18)13-24-9-10-25-16(17(24)26)11-14(23-25)12-27-15-5-2-1-3-6-15/h1-3,5-6,11H,4,7-10,12-13H2. The quantitative estimate of drug-likeness (QED) is 0.797. The number of hydrogen-bond donors (Lipinski definition) is 0. The summed E-state index contributed by atoms with van der Waals surface area (Å²) in [6, 6.07) is 10.8. The summed E-state index contributed by atoms with van der Waals surface area (Å²) in [6.07, 6.45) is -3.54. The molecular weight excluding hydrogens is 359 g/mol. The first-order valence-electron chi connectivity index (χ1n) is 8.99. The first-order chi connectivity index (χ1) is 12.9. The number of halogens is 3. The molecule has 5 nitrogen and oxygen atoms in total. The molecule has 1 aliphatic carbocycles. The molecule has 0 N–H and O–H groups in total. The molecule has 1 aliphatic heterocycles. The van der Waals surface area contributed by atoms with Crippen LogP contribution in [0.1, 0.15) is 35.4 Å². The van der Waals surface area contributed by atoms with E-state index in [1.807, 2.05) is 30.3 Å². The smallest absolute Gasteiger partial charge is 0.396 e. The van der Waals surface area contributed by atoms with Crippen molar-refractivity contribution in [1.82, 2.24) is 14.7 Å². The zero-order chi connectivity index (χ0) is 19.1. The van der Waals surface area contributed by atoms with Gasteiger partial charge in [-0.15, -0.1) is 0 Å². The van der Waals surface area contributed by atoms with Gasteiger partial charge in [0.25, 0.3) is 5.91 Å². The number of amides is 1. The monoisotopic (exact) mass is 379 g/mol. The molecule has 0 saturated heterocycles. The number of ether oxygens (including phenoxy) is 1. The summed E-state index contributed by atoms with van der Waals surface area (Å²) in [6.45, 7) is 0.560. The van der Waals surface area contributed by atoms with E-state index in [1.165, 1.54) is 4.90 Å². The fraction of sp³-hybridized carbons (Fsp3) is 0.474. The van der Waals surface area contributed by atoms with Crippen molar-refractivity contribution in [2.24, 2.45) is 5.41 Å². The average molecular weight is 379 g/mol. The van der Waals surface area contributed by atoms with Crippen LogP contribution < -0.4 is 4.74 Å². The number of para-hydroxylation sites is 1. The summed E-state index contributed by atoms with van der Waals surface area (Å²) in [7, 11) is 0. The third-order valence-electron chi connectivity index (χ3n) is 5.45. The lowest BCUT2D eigenvalue weighted by Crippen LogP contribution is -2.54. The molecule has 4 rings (SSSR count). The highest BCUT2D eigenvalue weighted by Gasteiger charge is 2.59. The second kappa shape index (κ2) is 6.58. The number of carbonyl (C=O) groups is 1. The van der Waals surface area contributed by atoms with Crippen LogP contribution in [-0.4, -0.2) is 39.9 Å². The molecule has 8 heteroatoms. The Labute approximate surface area is 154 Å². The van der Waals surface area contributed by atoms with E-state index in [4.69, 9.17) is 4.74 Å². The van der Waals surface area contributed by atoms with Crippen molar-refractivity contribution in [1.29, 1.82) is 0 Å². The van der Waals surface area contributed by atoms with Gasteiger partial charge < -0.3 is 9.64 Å². The number of rotatable bonds is 5. The van der Waals surface area contributed by atoms with E-state index in [-0.39, 0.29) is 32.5 Å². The minimum Gasteiger partial charge on any atom is -0.487 e. The Kier molecular flexibility index (Phi) is 4.36. The van der Waals surface area contributed by atoms with Crippen molar-refractivity contribution in [3.8, 4) is 5.75 Å². The Balaban J connectivity index is 1.45. The third-order valence-corrected chi connectivity index (χ3v) is 5.45. The number of benzene rings is 1. The van der Waals surface area contributed by atoms with Crippen LogP contribution in [0.15, 0.2) is 36.4 Å². The fourth-order valence-electron chi connectivity index (χ4n) is 3.69. The Bertz CT molecular complexity index is 828. The molecule has 1 amide bonds. The van der Waals surface area contributed by atoms with Gasteiger partial charge in [-0.3, -0.25) is 9.48 Å². The summed E-state index contributed by atoms with van der Waals surface area (Å²) >= 11 is 0. The van der Waals surface area contributed by atoms with Crippen molar-refractivity contribution in [2.45, 2.75) is 38.6 Å². The second-order valence-electron chi connectivity index (χ2n) is 7.20. The van der Waals surface area contributed by atoms with Gasteiger partial charge in [0, 0.05) is 13.1 Å². The van der Waals surface area contributed by atoms with E-state index in [2.05, 4.69) is 5.10 Å². The molecule has 2 aromatic rings. The van der Waals surface area contributed by atoms with Crippen LogP contribution in [0.3, 0.4) is 0 Å². The van der Waals surface area contributed by atoms with Crippen molar-refractivity contribution >= 4 is 5.91 Å². The van der Waals surface area contributed by atoms with Crippen molar-refractivity contribution in [2.75, 3.05) is 13.1 Å². The van der Waals surface area contributed by atoms with Crippen LogP contribution in [-0.2, 0) is 13.2 Å². The van der Waals surface area contributed by atoms with Gasteiger partial charge in [0.15, 0.2) is 0 Å². The molecule has 144 valence electrons. The van der Waals surface area contributed by atoms with Gasteiger partial charge >= 0.3 is 6.18 Å². The lowest BCUT2D eigenvalue weighted by Gasteiger charge is -2.46. The highest BCUT2D eigenvalue weighted by molar-refractivity contribution is 5.93. The first kappa shape index (κ1) is 17.9. The fourth-order valence-corrected chi connectivity index (χ4v) is 3.69. The van der Waals surface area contributed by atoms with Crippen molar-refractivity contribution < 1.29 is 22.7 Å². The third kappa shape index (κ3) is 3.28. The van der Waals surface area contributed by atoms with E-state index in [1.54, 1.807) is 10.7 Å². The van der Waals surface area contributed by atoms with Crippen LogP contribution >= 0.6 is 0 Å². The number of fused-ring (bicyclic) bond motifs is 1. The van der Waals surface area contributed by atoms with Gasteiger partial charge in [0.1, 0.15) is 23.7 Å². The van der Waals surface area contributed by atoms with Crippen LogP contribution in [0.4, 0.5) is 13.2 Å². The van der Waals surface area contributed by atoms with Gasteiger partial charge in [-0.2, -0.15) is 18.3 Å². The summed E-state index contributed by atoms with van der Waals surface area (Å²) in [5.74, 6) is 0.295. The van der Waals surface area contributed by atoms with E-state index in [0.717, 1.165) is 0 Å². The minimum atomic E-state index is -4.28. The maximum Gasteiger partial charge on any atom is 0.396 e. The number of nitrogens with zero attached hydrogens (tertiary/aromatic N) is 3. The van der Waals surface area contributed by atoms with Crippen LogP contribution in [0.25, 0.3) is 0 Å². The number of alkyl halides is 3. The van der Waals surface area contributed by atoms with Gasteiger partial charge in [0.2, 0.25) is 0 Å². The van der Waals surface area contributed by atoms with Crippen molar-refractivity contribution in [3.63, 3.8) is 0 Å². The van der Waals surface area contributed by atoms with Crippen LogP contribution in [0.2, 0.25) is 0 Å². The molecule has 0 bridgehead atoms. The molecule has 1 aromatic heterocycles. The van der Waals surface area contributed by atoms with E-state index in [9.17, 15) is 18.0 Å². The topological polar surface area (TPSA) is 47.4 Å². The average Bonchev–Trinajstić information content (AvgIpc) is 3.02. The van der Waals surface area contributed by atoms with Crippen LogP contribution in [0.5, 0.6) is 5.75 Å². The Morgan fingerprint density at radius 2 is 1.89 bits per heavy atom. The molecule has 0 atom stereocenters. The molecule has 2 heterocycles. The zero-order valence-corrected chi connectivity index (χ0v) is 14.7. The summed E-state index contributed by atoms with van der Waals surface area (Å²) in [4.78, 5) is 14.0. The molecule has 1 aromatic carbocycles. The molecule has 0 unspecified atom stereocenters. The van der Waals surface area contributed by atoms with Gasteiger partial charge in [-0.25, -0.2) is 0 Å². The molecule has 27 heavy (non-hydrogen) atoms. The first-order valence-corrected chi connectivity index (χ1v) is 8.99. The molecule has 1 saturated carbocycles. The summed E-state index contributed by atoms with van der Waals surface area (Å²) < 4.78 is 47.5. The number of aromatic nitrogens is 2. The number of hydrogen-bond acceptors (Lipinski definition) is 3. The maximum atomic E-state index is 13.4. The van der Waals surface area contributed by atoms with Gasteiger partial charge in [-0.1, -0.05) is 24.6 Å². The lowest BCUT2D eigenvalue weighted by molar-refractivity contribution is -0.254. The zero-order valence-electron chi connectivity index (χ0n) is 14.7. The predicted octanol–water partition coefficient (Wildman–Crippen LogP) is 3.65. The maximum absolute atomic E-state index is 13.4. The second-order valence-corrected chi connectivity index (χ2v) is 7.20. The minimum absolute atomic E-state index is 0.0930. The normalized spacial score (nSPS) is 18.8. The SMILES string of the molecule is O=C1c2cc(COc3ccccc3)nn2CCN1CC1(C(F)(F)F)CCC1. The Morgan fingerprint density at radius 1 is 1.15 bits per heavy atom. The highest BCUT2D eigenvalue weighted by atomic mass is 19.4. The van der Waals surface area contributed by atoms with Gasteiger partial charge in [0.05, 0.1) is 12.0 Å². The predicted molar refractivity (Wildman–Crippen MR) is 91.2 cm³/mol.